The number of benzene rings is 1. The minimum absolute atomic E-state index is 0.127. The molecule has 0 N–H and O–H groups in total. The van der Waals surface area contributed by atoms with Gasteiger partial charge in [-0.3, -0.25) is 4.79 Å². The lowest BCUT2D eigenvalue weighted by molar-refractivity contribution is -0.149. The third-order valence-corrected chi connectivity index (χ3v) is 5.37. The number of hydrogen-bond acceptors (Lipinski definition) is 3. The van der Waals surface area contributed by atoms with Crippen molar-refractivity contribution in [1.29, 1.82) is 0 Å². The number of carbonyl (C=O) groups excluding carboxylic acids is 1. The van der Waals surface area contributed by atoms with Crippen LogP contribution in [-0.4, -0.2) is 20.2 Å². The van der Waals surface area contributed by atoms with E-state index in [1.54, 1.807) is 7.11 Å². The molecule has 3 rings (SSSR count). The Kier molecular flexibility index (Phi) is 4.05. The molecule has 0 aromatic heterocycles. The summed E-state index contributed by atoms with van der Waals surface area (Å²) in [5, 5.41) is 0. The van der Waals surface area contributed by atoms with Gasteiger partial charge < -0.3 is 9.47 Å². The smallest absolute Gasteiger partial charge is 0.316 e. The second kappa shape index (κ2) is 5.88. The van der Waals surface area contributed by atoms with Crippen molar-refractivity contribution in [1.82, 2.24) is 0 Å². The summed E-state index contributed by atoms with van der Waals surface area (Å²) in [6, 6.07) is 6.33. The van der Waals surface area contributed by atoms with E-state index in [0.717, 1.165) is 37.0 Å². The van der Waals surface area contributed by atoms with Crippen LogP contribution in [0.2, 0.25) is 0 Å². The monoisotopic (exact) mass is 312 g/mol. The van der Waals surface area contributed by atoms with Crippen molar-refractivity contribution in [3.05, 3.63) is 46.5 Å². The largest absolute Gasteiger partial charge is 0.497 e. The Bertz CT molecular complexity index is 712. The molecule has 1 atom stereocenters. The van der Waals surface area contributed by atoms with Crippen LogP contribution < -0.4 is 4.74 Å². The van der Waals surface area contributed by atoms with E-state index in [9.17, 15) is 4.79 Å². The number of allylic oxidation sites excluding steroid dienone is 3. The predicted molar refractivity (Wildman–Crippen MR) is 91.3 cm³/mol. The molecule has 0 amide bonds. The summed E-state index contributed by atoms with van der Waals surface area (Å²) in [5.74, 6) is 0.784. The number of fused-ring (bicyclic) bond motifs is 2. The lowest BCUT2D eigenvalue weighted by Gasteiger charge is -2.39. The van der Waals surface area contributed by atoms with Gasteiger partial charge in [0.05, 0.1) is 19.6 Å². The number of ether oxygens (including phenoxy) is 2. The highest BCUT2D eigenvalue weighted by molar-refractivity contribution is 5.88. The first-order valence-corrected chi connectivity index (χ1v) is 8.20. The van der Waals surface area contributed by atoms with E-state index in [4.69, 9.17) is 9.47 Å². The average Bonchev–Trinajstić information content (AvgIpc) is 2.59. The van der Waals surface area contributed by atoms with Crippen LogP contribution in [0.15, 0.2) is 35.4 Å². The highest BCUT2D eigenvalue weighted by Gasteiger charge is 2.43. The molecule has 0 fully saturated rings. The maximum absolute atomic E-state index is 12.4. The standard InChI is InChI=1S/C20H24O3/c1-5-18-17-8-6-13-12-14(22-3)7-9-15(13)16(17)10-11-20(18,2)19(21)23-4/h5,7,9,12H,6,8,10-11H2,1-4H3. The van der Waals surface area contributed by atoms with Gasteiger partial charge in [-0.2, -0.15) is 0 Å². The van der Waals surface area contributed by atoms with Crippen molar-refractivity contribution in [2.24, 2.45) is 5.41 Å². The first kappa shape index (κ1) is 15.9. The first-order chi connectivity index (χ1) is 11.0. The Labute approximate surface area is 138 Å². The third-order valence-electron chi connectivity index (χ3n) is 5.37. The fraction of sp³-hybridized carbons (Fsp3) is 0.450. The molecular weight excluding hydrogens is 288 g/mol. The second-order valence-electron chi connectivity index (χ2n) is 6.51. The molecular formula is C20H24O3. The Morgan fingerprint density at radius 3 is 2.61 bits per heavy atom. The summed E-state index contributed by atoms with van der Waals surface area (Å²) in [6.45, 7) is 4.04. The molecule has 2 aliphatic rings. The summed E-state index contributed by atoms with van der Waals surface area (Å²) >= 11 is 0. The maximum atomic E-state index is 12.4. The molecule has 1 unspecified atom stereocenters. The lowest BCUT2D eigenvalue weighted by Crippen LogP contribution is -2.35. The van der Waals surface area contributed by atoms with E-state index >= 15 is 0 Å². The normalized spacial score (nSPS) is 25.0. The molecule has 1 aromatic carbocycles. The zero-order valence-electron chi connectivity index (χ0n) is 14.4. The van der Waals surface area contributed by atoms with Gasteiger partial charge in [0.1, 0.15) is 5.75 Å². The van der Waals surface area contributed by atoms with E-state index in [1.807, 2.05) is 19.9 Å². The molecule has 0 spiro atoms. The van der Waals surface area contributed by atoms with Gasteiger partial charge in [0.25, 0.3) is 0 Å². The minimum atomic E-state index is -0.522. The minimum Gasteiger partial charge on any atom is -0.497 e. The molecule has 0 radical (unpaired) electrons. The molecule has 122 valence electrons. The van der Waals surface area contributed by atoms with Crippen LogP contribution in [0.1, 0.15) is 44.2 Å². The van der Waals surface area contributed by atoms with Gasteiger partial charge >= 0.3 is 5.97 Å². The van der Waals surface area contributed by atoms with Crippen LogP contribution in [0.25, 0.3) is 5.57 Å². The van der Waals surface area contributed by atoms with Gasteiger partial charge in [-0.05, 0) is 79.5 Å². The molecule has 0 aliphatic heterocycles. The molecule has 1 aromatic rings. The SMILES string of the molecule is CC=C1C2=C(CCC1(C)C(=O)OC)c1ccc(OC)cc1CC2. The third kappa shape index (κ3) is 2.39. The summed E-state index contributed by atoms with van der Waals surface area (Å²) in [6.07, 6.45) is 5.77. The number of carbonyl (C=O) groups is 1. The fourth-order valence-electron chi connectivity index (χ4n) is 4.13. The van der Waals surface area contributed by atoms with Crippen LogP contribution in [0.4, 0.5) is 0 Å². The topological polar surface area (TPSA) is 35.5 Å². The van der Waals surface area contributed by atoms with Crippen LogP contribution in [0.3, 0.4) is 0 Å². The second-order valence-corrected chi connectivity index (χ2v) is 6.51. The average molecular weight is 312 g/mol. The van der Waals surface area contributed by atoms with E-state index in [2.05, 4.69) is 18.2 Å². The van der Waals surface area contributed by atoms with E-state index < -0.39 is 5.41 Å². The molecule has 3 nitrogen and oxygen atoms in total. The number of methoxy groups -OCH3 is 2. The zero-order valence-corrected chi connectivity index (χ0v) is 14.4. The zero-order chi connectivity index (χ0) is 16.6. The van der Waals surface area contributed by atoms with Gasteiger partial charge in [0.2, 0.25) is 0 Å². The maximum Gasteiger partial charge on any atom is 0.316 e. The van der Waals surface area contributed by atoms with Gasteiger partial charge in [0, 0.05) is 0 Å². The van der Waals surface area contributed by atoms with Crippen molar-refractivity contribution in [2.75, 3.05) is 14.2 Å². The van der Waals surface area contributed by atoms with Crippen molar-refractivity contribution in [2.45, 2.75) is 39.5 Å². The molecule has 0 bridgehead atoms. The van der Waals surface area contributed by atoms with Gasteiger partial charge in [-0.1, -0.05) is 12.1 Å². The summed E-state index contributed by atoms with van der Waals surface area (Å²) < 4.78 is 10.4. The molecule has 0 saturated carbocycles. The van der Waals surface area contributed by atoms with Crippen molar-refractivity contribution in [3.63, 3.8) is 0 Å². The quantitative estimate of drug-likeness (QED) is 0.763. The van der Waals surface area contributed by atoms with E-state index in [-0.39, 0.29) is 5.97 Å². The Hall–Kier alpha value is -2.03. The Balaban J connectivity index is 2.10. The number of esters is 1. The number of aryl methyl sites for hydroxylation is 1. The van der Waals surface area contributed by atoms with Crippen molar-refractivity contribution < 1.29 is 14.3 Å². The number of hydrogen-bond donors (Lipinski definition) is 0. The van der Waals surface area contributed by atoms with Crippen LogP contribution >= 0.6 is 0 Å². The highest BCUT2D eigenvalue weighted by Crippen LogP contribution is 2.51. The van der Waals surface area contributed by atoms with Crippen LogP contribution in [0, 0.1) is 5.41 Å². The summed E-state index contributed by atoms with van der Waals surface area (Å²) in [5.41, 5.74) is 6.02. The van der Waals surface area contributed by atoms with Crippen molar-refractivity contribution in [3.8, 4) is 5.75 Å². The fourth-order valence-corrected chi connectivity index (χ4v) is 4.13. The molecule has 0 heterocycles. The van der Waals surface area contributed by atoms with Crippen molar-refractivity contribution >= 4 is 11.5 Å². The van der Waals surface area contributed by atoms with Crippen LogP contribution in [-0.2, 0) is 16.0 Å². The molecule has 23 heavy (non-hydrogen) atoms. The lowest BCUT2D eigenvalue weighted by atomic mass is 9.64. The highest BCUT2D eigenvalue weighted by atomic mass is 16.5. The summed E-state index contributed by atoms with van der Waals surface area (Å²) in [7, 11) is 3.18. The summed E-state index contributed by atoms with van der Waals surface area (Å²) in [4.78, 5) is 12.4. The molecule has 2 aliphatic carbocycles. The Morgan fingerprint density at radius 1 is 1.17 bits per heavy atom. The number of rotatable bonds is 2. The first-order valence-electron chi connectivity index (χ1n) is 8.20. The Morgan fingerprint density at radius 2 is 1.96 bits per heavy atom. The van der Waals surface area contributed by atoms with Gasteiger partial charge in [0.15, 0.2) is 0 Å². The molecule has 3 heteroatoms. The molecule has 0 saturated heterocycles. The van der Waals surface area contributed by atoms with E-state index in [0.29, 0.717) is 0 Å². The van der Waals surface area contributed by atoms with Gasteiger partial charge in [-0.15, -0.1) is 0 Å². The van der Waals surface area contributed by atoms with Crippen LogP contribution in [0.5, 0.6) is 5.75 Å². The van der Waals surface area contributed by atoms with Gasteiger partial charge in [-0.25, -0.2) is 0 Å². The predicted octanol–water partition coefficient (Wildman–Crippen LogP) is 4.31. The van der Waals surface area contributed by atoms with E-state index in [1.165, 1.54) is 29.4 Å².